The van der Waals surface area contributed by atoms with Crippen molar-refractivity contribution in [2.45, 2.75) is 30.2 Å². The molecule has 1 aliphatic carbocycles. The molecule has 7 heteroatoms. The van der Waals surface area contributed by atoms with E-state index in [2.05, 4.69) is 29.2 Å². The van der Waals surface area contributed by atoms with Gasteiger partial charge < -0.3 is 4.90 Å². The number of hydrogen-bond acceptors (Lipinski definition) is 4. The summed E-state index contributed by atoms with van der Waals surface area (Å²) in [7, 11) is -1.49. The highest BCUT2D eigenvalue weighted by Crippen LogP contribution is 2.33. The first-order valence-electron chi connectivity index (χ1n) is 10.6. The van der Waals surface area contributed by atoms with E-state index >= 15 is 0 Å². The molecule has 1 heterocycles. The topological polar surface area (TPSA) is 60.9 Å². The lowest BCUT2D eigenvalue weighted by atomic mass is 9.87. The van der Waals surface area contributed by atoms with Gasteiger partial charge >= 0.3 is 0 Å². The minimum atomic E-state index is -3.50. The molecule has 0 unspecified atom stereocenters. The predicted octanol–water partition coefficient (Wildman–Crippen LogP) is 2.53. The van der Waals surface area contributed by atoms with E-state index in [1.54, 1.807) is 35.2 Å². The van der Waals surface area contributed by atoms with Gasteiger partial charge in [0.15, 0.2) is 0 Å². The molecule has 1 atom stereocenters. The van der Waals surface area contributed by atoms with Crippen LogP contribution in [-0.2, 0) is 21.2 Å². The van der Waals surface area contributed by atoms with Crippen LogP contribution < -0.4 is 0 Å². The van der Waals surface area contributed by atoms with Crippen LogP contribution in [0.3, 0.4) is 0 Å². The van der Waals surface area contributed by atoms with Gasteiger partial charge in [-0.3, -0.25) is 9.69 Å². The van der Waals surface area contributed by atoms with Crippen LogP contribution in [0, 0.1) is 0 Å². The standard InChI is InChI=1S/C23H29N3O3S/c1-24(22-13-7-9-19-8-5-6-12-21(19)22)18-23(27)25-14-16-26(17-15-25)30(28,29)20-10-3-2-4-11-20/h2-6,8,10-12,22H,7,9,13-18H2,1H3/t22-/m1/s1. The van der Waals surface area contributed by atoms with Gasteiger partial charge in [-0.15, -0.1) is 0 Å². The van der Waals surface area contributed by atoms with Gasteiger partial charge in [0.25, 0.3) is 0 Å². The molecule has 2 aromatic rings. The molecule has 0 spiro atoms. The number of carbonyl (C=O) groups excluding carboxylic acids is 1. The number of piperazine rings is 1. The van der Waals surface area contributed by atoms with E-state index in [0.29, 0.717) is 37.6 Å². The molecule has 0 aromatic heterocycles. The molecule has 2 aliphatic rings. The summed E-state index contributed by atoms with van der Waals surface area (Å²) in [5.74, 6) is 0.0670. The van der Waals surface area contributed by atoms with Gasteiger partial charge in [0.2, 0.25) is 15.9 Å². The molecule has 1 saturated heterocycles. The number of fused-ring (bicyclic) bond motifs is 1. The Hall–Kier alpha value is -2.22. The molecule has 30 heavy (non-hydrogen) atoms. The molecule has 1 amide bonds. The van der Waals surface area contributed by atoms with E-state index in [0.717, 1.165) is 19.3 Å². The van der Waals surface area contributed by atoms with Gasteiger partial charge in [-0.25, -0.2) is 8.42 Å². The van der Waals surface area contributed by atoms with Crippen molar-refractivity contribution in [2.24, 2.45) is 0 Å². The van der Waals surface area contributed by atoms with Crippen LogP contribution in [0.25, 0.3) is 0 Å². The Morgan fingerprint density at radius 2 is 1.67 bits per heavy atom. The Kier molecular flexibility index (Phi) is 6.22. The van der Waals surface area contributed by atoms with E-state index < -0.39 is 10.0 Å². The van der Waals surface area contributed by atoms with Crippen molar-refractivity contribution in [2.75, 3.05) is 39.8 Å². The molecule has 0 saturated carbocycles. The molecule has 1 aliphatic heterocycles. The van der Waals surface area contributed by atoms with Crippen LogP contribution in [0.1, 0.15) is 30.0 Å². The first-order valence-corrected chi connectivity index (χ1v) is 12.0. The van der Waals surface area contributed by atoms with Crippen LogP contribution in [0.15, 0.2) is 59.5 Å². The third-order valence-electron chi connectivity index (χ3n) is 6.23. The molecule has 6 nitrogen and oxygen atoms in total. The number of nitrogens with zero attached hydrogens (tertiary/aromatic N) is 3. The van der Waals surface area contributed by atoms with Crippen LogP contribution in [0.2, 0.25) is 0 Å². The number of rotatable bonds is 5. The smallest absolute Gasteiger partial charge is 0.243 e. The minimum absolute atomic E-state index is 0.0670. The molecular formula is C23H29N3O3S. The van der Waals surface area contributed by atoms with Crippen molar-refractivity contribution in [1.29, 1.82) is 0 Å². The summed E-state index contributed by atoms with van der Waals surface area (Å²) in [5.41, 5.74) is 2.71. The van der Waals surface area contributed by atoms with Crippen LogP contribution in [0.5, 0.6) is 0 Å². The third kappa shape index (κ3) is 4.29. The number of hydrogen-bond donors (Lipinski definition) is 0. The summed E-state index contributed by atoms with van der Waals surface area (Å²) in [6, 6.07) is 17.3. The normalized spacial score (nSPS) is 20.2. The Balaban J connectivity index is 1.35. The predicted molar refractivity (Wildman–Crippen MR) is 117 cm³/mol. The average molecular weight is 428 g/mol. The number of amides is 1. The maximum absolute atomic E-state index is 12.9. The van der Waals surface area contributed by atoms with Crippen molar-refractivity contribution in [3.63, 3.8) is 0 Å². The zero-order valence-electron chi connectivity index (χ0n) is 17.4. The van der Waals surface area contributed by atoms with Crippen molar-refractivity contribution in [3.8, 4) is 0 Å². The highest BCUT2D eigenvalue weighted by atomic mass is 32.2. The number of likely N-dealkylation sites (N-methyl/N-ethyl adjacent to an activating group) is 1. The summed E-state index contributed by atoms with van der Waals surface area (Å²) < 4.78 is 27.0. The summed E-state index contributed by atoms with van der Waals surface area (Å²) in [6.45, 7) is 1.88. The Bertz CT molecular complexity index is 986. The highest BCUT2D eigenvalue weighted by Gasteiger charge is 2.31. The Morgan fingerprint density at radius 3 is 2.40 bits per heavy atom. The fourth-order valence-electron chi connectivity index (χ4n) is 4.53. The fraction of sp³-hybridized carbons (Fsp3) is 0.435. The largest absolute Gasteiger partial charge is 0.339 e. The number of aryl methyl sites for hydroxylation is 1. The molecule has 160 valence electrons. The lowest BCUT2D eigenvalue weighted by Crippen LogP contribution is -2.52. The average Bonchev–Trinajstić information content (AvgIpc) is 2.79. The monoisotopic (exact) mass is 427 g/mol. The van der Waals surface area contributed by atoms with Gasteiger partial charge in [-0.1, -0.05) is 42.5 Å². The zero-order chi connectivity index (χ0) is 21.1. The van der Waals surface area contributed by atoms with E-state index in [-0.39, 0.29) is 11.9 Å². The second-order valence-corrected chi connectivity index (χ2v) is 10.1. The van der Waals surface area contributed by atoms with E-state index in [9.17, 15) is 13.2 Å². The van der Waals surface area contributed by atoms with Crippen molar-refractivity contribution in [3.05, 3.63) is 65.7 Å². The van der Waals surface area contributed by atoms with E-state index in [4.69, 9.17) is 0 Å². The lowest BCUT2D eigenvalue weighted by Gasteiger charge is -2.37. The first kappa shape index (κ1) is 21.0. The van der Waals surface area contributed by atoms with Gasteiger partial charge in [-0.05, 0) is 49.6 Å². The molecule has 0 radical (unpaired) electrons. The fourth-order valence-corrected chi connectivity index (χ4v) is 5.97. The number of sulfonamides is 1. The van der Waals surface area contributed by atoms with Crippen LogP contribution in [0.4, 0.5) is 0 Å². The molecule has 1 fully saturated rings. The molecule has 0 bridgehead atoms. The maximum atomic E-state index is 12.9. The summed E-state index contributed by atoms with van der Waals surface area (Å²) in [6.07, 6.45) is 3.30. The zero-order valence-corrected chi connectivity index (χ0v) is 18.2. The van der Waals surface area contributed by atoms with Gasteiger partial charge in [-0.2, -0.15) is 4.31 Å². The number of benzene rings is 2. The van der Waals surface area contributed by atoms with Gasteiger partial charge in [0, 0.05) is 32.2 Å². The summed E-state index contributed by atoms with van der Waals surface area (Å²) >= 11 is 0. The summed E-state index contributed by atoms with van der Waals surface area (Å²) in [5, 5.41) is 0. The van der Waals surface area contributed by atoms with E-state index in [1.807, 2.05) is 7.05 Å². The van der Waals surface area contributed by atoms with Crippen molar-refractivity contribution >= 4 is 15.9 Å². The van der Waals surface area contributed by atoms with Gasteiger partial charge in [0.05, 0.1) is 11.4 Å². The second-order valence-electron chi connectivity index (χ2n) is 8.12. The molecule has 2 aromatic carbocycles. The van der Waals surface area contributed by atoms with Crippen LogP contribution >= 0.6 is 0 Å². The Labute approximate surface area is 179 Å². The maximum Gasteiger partial charge on any atom is 0.243 e. The minimum Gasteiger partial charge on any atom is -0.339 e. The number of carbonyl (C=O) groups is 1. The quantitative estimate of drug-likeness (QED) is 0.736. The van der Waals surface area contributed by atoms with Crippen LogP contribution in [-0.4, -0.2) is 68.2 Å². The molecular weight excluding hydrogens is 398 g/mol. The SMILES string of the molecule is CN(CC(=O)N1CCN(S(=O)(=O)c2ccccc2)CC1)[C@@H]1CCCc2ccccc21. The lowest BCUT2D eigenvalue weighted by molar-refractivity contribution is -0.133. The molecule has 0 N–H and O–H groups in total. The van der Waals surface area contributed by atoms with Crippen molar-refractivity contribution in [1.82, 2.24) is 14.1 Å². The first-order chi connectivity index (χ1) is 14.5. The highest BCUT2D eigenvalue weighted by molar-refractivity contribution is 7.89. The van der Waals surface area contributed by atoms with Gasteiger partial charge in [0.1, 0.15) is 0 Å². The third-order valence-corrected chi connectivity index (χ3v) is 8.14. The van der Waals surface area contributed by atoms with E-state index in [1.165, 1.54) is 15.4 Å². The second kappa shape index (κ2) is 8.88. The Morgan fingerprint density at radius 1 is 1.00 bits per heavy atom. The molecule has 4 rings (SSSR count). The summed E-state index contributed by atoms with van der Waals surface area (Å²) in [4.78, 5) is 17.2. The van der Waals surface area contributed by atoms with Crippen molar-refractivity contribution < 1.29 is 13.2 Å².